The smallest absolute Gasteiger partial charge is 0.140 e. The molecule has 1 aromatic heterocycles. The molecule has 0 atom stereocenters. The molecule has 20 heavy (non-hydrogen) atoms. The number of halogens is 2. The molecule has 0 aliphatic carbocycles. The standard InChI is InChI=1S/C14H17BrClN3O/c1-3-11-14(15)12(19(4-2)18-11)8-20-13-7-9(17)5-6-10(13)16/h5-7H,3-4,8,17H2,1-2H3. The van der Waals surface area contributed by atoms with Gasteiger partial charge in [0, 0.05) is 18.3 Å². The SMILES string of the molecule is CCc1nn(CC)c(COc2cc(N)ccc2Cl)c1Br. The first kappa shape index (κ1) is 15.2. The molecule has 6 heteroatoms. The number of nitrogens with two attached hydrogens (primary N) is 1. The third-order valence-corrected chi connectivity index (χ3v) is 4.24. The van der Waals surface area contributed by atoms with E-state index in [9.17, 15) is 0 Å². The summed E-state index contributed by atoms with van der Waals surface area (Å²) in [7, 11) is 0. The Morgan fingerprint density at radius 1 is 1.40 bits per heavy atom. The number of rotatable bonds is 5. The fourth-order valence-corrected chi connectivity index (χ4v) is 2.78. The van der Waals surface area contributed by atoms with Crippen LogP contribution in [0, 0.1) is 0 Å². The van der Waals surface area contributed by atoms with Crippen LogP contribution in [-0.4, -0.2) is 9.78 Å². The predicted molar refractivity (Wildman–Crippen MR) is 85.2 cm³/mol. The number of nitrogen functional groups attached to an aromatic ring is 1. The van der Waals surface area contributed by atoms with E-state index in [0.29, 0.717) is 23.1 Å². The number of hydrogen-bond donors (Lipinski definition) is 1. The lowest BCUT2D eigenvalue weighted by molar-refractivity contribution is 0.292. The van der Waals surface area contributed by atoms with Crippen LogP contribution in [0.1, 0.15) is 25.2 Å². The van der Waals surface area contributed by atoms with Crippen molar-refractivity contribution in [1.29, 1.82) is 0 Å². The highest BCUT2D eigenvalue weighted by Crippen LogP contribution is 2.29. The average molecular weight is 359 g/mol. The van der Waals surface area contributed by atoms with Gasteiger partial charge >= 0.3 is 0 Å². The number of benzene rings is 1. The van der Waals surface area contributed by atoms with Crippen molar-refractivity contribution in [3.05, 3.63) is 39.1 Å². The Balaban J connectivity index is 2.22. The Hall–Kier alpha value is -1.20. The van der Waals surface area contributed by atoms with Gasteiger partial charge in [0.2, 0.25) is 0 Å². The summed E-state index contributed by atoms with van der Waals surface area (Å²) in [5, 5.41) is 5.08. The molecule has 108 valence electrons. The van der Waals surface area contributed by atoms with Crippen LogP contribution in [0.3, 0.4) is 0 Å². The zero-order valence-corrected chi connectivity index (χ0v) is 13.8. The Morgan fingerprint density at radius 3 is 2.80 bits per heavy atom. The van der Waals surface area contributed by atoms with Crippen molar-refractivity contribution >= 4 is 33.2 Å². The number of hydrogen-bond acceptors (Lipinski definition) is 3. The predicted octanol–water partition coefficient (Wildman–Crippen LogP) is 4.04. The Labute approximate surface area is 132 Å². The van der Waals surface area contributed by atoms with E-state index < -0.39 is 0 Å². The lowest BCUT2D eigenvalue weighted by atomic mass is 10.3. The van der Waals surface area contributed by atoms with Gasteiger partial charge in [-0.2, -0.15) is 5.10 Å². The second kappa shape index (κ2) is 6.50. The minimum Gasteiger partial charge on any atom is -0.486 e. The fraction of sp³-hybridized carbons (Fsp3) is 0.357. The Morgan fingerprint density at radius 2 is 2.15 bits per heavy atom. The molecule has 1 aromatic carbocycles. The van der Waals surface area contributed by atoms with Crippen LogP contribution in [0.4, 0.5) is 5.69 Å². The van der Waals surface area contributed by atoms with E-state index in [1.807, 2.05) is 4.68 Å². The molecule has 2 N–H and O–H groups in total. The first-order valence-electron chi connectivity index (χ1n) is 6.48. The molecule has 4 nitrogen and oxygen atoms in total. The molecule has 0 aliphatic rings. The molecule has 1 heterocycles. The molecule has 0 saturated heterocycles. The lowest BCUT2D eigenvalue weighted by Crippen LogP contribution is -2.07. The molecule has 2 rings (SSSR count). The van der Waals surface area contributed by atoms with Crippen molar-refractivity contribution < 1.29 is 4.74 Å². The Bertz CT molecular complexity index is 613. The van der Waals surface area contributed by atoms with E-state index >= 15 is 0 Å². The zero-order valence-electron chi connectivity index (χ0n) is 11.5. The van der Waals surface area contributed by atoms with Crippen molar-refractivity contribution in [2.75, 3.05) is 5.73 Å². The summed E-state index contributed by atoms with van der Waals surface area (Å²) in [6.45, 7) is 5.31. The first-order valence-corrected chi connectivity index (χ1v) is 7.65. The van der Waals surface area contributed by atoms with Gasteiger partial charge in [-0.25, -0.2) is 0 Å². The van der Waals surface area contributed by atoms with Crippen molar-refractivity contribution in [1.82, 2.24) is 9.78 Å². The highest BCUT2D eigenvalue weighted by Gasteiger charge is 2.15. The van der Waals surface area contributed by atoms with Gasteiger partial charge in [0.15, 0.2) is 0 Å². The average Bonchev–Trinajstić information content (AvgIpc) is 2.75. The molecule has 0 radical (unpaired) electrons. The summed E-state index contributed by atoms with van der Waals surface area (Å²) in [6, 6.07) is 5.20. The summed E-state index contributed by atoms with van der Waals surface area (Å²) >= 11 is 9.68. The van der Waals surface area contributed by atoms with Gasteiger partial charge in [0.05, 0.1) is 20.9 Å². The first-order chi connectivity index (χ1) is 9.56. The van der Waals surface area contributed by atoms with Gasteiger partial charge in [-0.3, -0.25) is 4.68 Å². The maximum absolute atomic E-state index is 6.09. The third-order valence-electron chi connectivity index (χ3n) is 3.01. The number of ether oxygens (including phenoxy) is 1. The number of aryl methyl sites for hydroxylation is 2. The maximum Gasteiger partial charge on any atom is 0.140 e. The normalized spacial score (nSPS) is 10.8. The van der Waals surface area contributed by atoms with Crippen LogP contribution >= 0.6 is 27.5 Å². The van der Waals surface area contributed by atoms with Gasteiger partial charge in [-0.05, 0) is 41.4 Å². The van der Waals surface area contributed by atoms with Gasteiger partial charge < -0.3 is 10.5 Å². The molecular formula is C14H17BrClN3O. The minimum absolute atomic E-state index is 0.393. The van der Waals surface area contributed by atoms with E-state index in [2.05, 4.69) is 34.9 Å². The van der Waals surface area contributed by atoms with Crippen molar-refractivity contribution in [2.45, 2.75) is 33.4 Å². The summed E-state index contributed by atoms with van der Waals surface area (Å²) in [4.78, 5) is 0. The molecule has 0 fully saturated rings. The molecule has 0 amide bonds. The fourth-order valence-electron chi connectivity index (χ4n) is 1.93. The van der Waals surface area contributed by atoms with Gasteiger partial charge in [0.1, 0.15) is 12.4 Å². The molecule has 0 saturated carbocycles. The Kier molecular flexibility index (Phi) is 4.94. The molecular weight excluding hydrogens is 342 g/mol. The van der Waals surface area contributed by atoms with Gasteiger partial charge in [0.25, 0.3) is 0 Å². The molecule has 2 aromatic rings. The minimum atomic E-state index is 0.393. The van der Waals surface area contributed by atoms with E-state index in [0.717, 1.165) is 28.8 Å². The second-order valence-corrected chi connectivity index (χ2v) is 5.56. The van der Waals surface area contributed by atoms with Crippen molar-refractivity contribution in [2.24, 2.45) is 0 Å². The van der Waals surface area contributed by atoms with Gasteiger partial charge in [-0.15, -0.1) is 0 Å². The summed E-state index contributed by atoms with van der Waals surface area (Å²) in [6.07, 6.45) is 0.875. The maximum atomic E-state index is 6.09. The zero-order chi connectivity index (χ0) is 14.7. The lowest BCUT2D eigenvalue weighted by Gasteiger charge is -2.10. The van der Waals surface area contributed by atoms with E-state index in [-0.39, 0.29) is 0 Å². The molecule has 0 aliphatic heterocycles. The van der Waals surface area contributed by atoms with E-state index in [4.69, 9.17) is 22.1 Å². The topological polar surface area (TPSA) is 53.1 Å². The van der Waals surface area contributed by atoms with Gasteiger partial charge in [-0.1, -0.05) is 18.5 Å². The van der Waals surface area contributed by atoms with Crippen LogP contribution in [0.15, 0.2) is 22.7 Å². The van der Waals surface area contributed by atoms with E-state index in [1.54, 1.807) is 18.2 Å². The summed E-state index contributed by atoms with van der Waals surface area (Å²) in [5.41, 5.74) is 8.40. The van der Waals surface area contributed by atoms with Crippen molar-refractivity contribution in [3.8, 4) is 5.75 Å². The highest BCUT2D eigenvalue weighted by atomic mass is 79.9. The van der Waals surface area contributed by atoms with E-state index in [1.165, 1.54) is 0 Å². The number of aromatic nitrogens is 2. The quantitative estimate of drug-likeness (QED) is 0.821. The summed E-state index contributed by atoms with van der Waals surface area (Å²) < 4.78 is 8.72. The largest absolute Gasteiger partial charge is 0.486 e. The van der Waals surface area contributed by atoms with Crippen LogP contribution in [0.25, 0.3) is 0 Å². The van der Waals surface area contributed by atoms with Crippen LogP contribution in [-0.2, 0) is 19.6 Å². The van der Waals surface area contributed by atoms with Crippen LogP contribution < -0.4 is 10.5 Å². The molecule has 0 bridgehead atoms. The summed E-state index contributed by atoms with van der Waals surface area (Å²) in [5.74, 6) is 0.584. The number of anilines is 1. The third kappa shape index (κ3) is 3.10. The molecule has 0 unspecified atom stereocenters. The van der Waals surface area contributed by atoms with Crippen LogP contribution in [0.5, 0.6) is 5.75 Å². The highest BCUT2D eigenvalue weighted by molar-refractivity contribution is 9.10. The second-order valence-electron chi connectivity index (χ2n) is 4.36. The van der Waals surface area contributed by atoms with Crippen molar-refractivity contribution in [3.63, 3.8) is 0 Å². The molecule has 0 spiro atoms. The van der Waals surface area contributed by atoms with Crippen LogP contribution in [0.2, 0.25) is 5.02 Å². The number of nitrogens with zero attached hydrogens (tertiary/aromatic N) is 2. The monoisotopic (exact) mass is 357 g/mol.